The second-order valence-corrected chi connectivity index (χ2v) is 7.39. The molecule has 0 radical (unpaired) electrons. The minimum absolute atomic E-state index is 0.327. The Hall–Kier alpha value is -1.56. The summed E-state index contributed by atoms with van der Waals surface area (Å²) in [6, 6.07) is 16.9. The third-order valence-electron chi connectivity index (χ3n) is 5.51. The molecule has 1 unspecified atom stereocenters. The van der Waals surface area contributed by atoms with Crippen molar-refractivity contribution in [1.29, 1.82) is 0 Å². The van der Waals surface area contributed by atoms with Gasteiger partial charge in [0.2, 0.25) is 0 Å². The van der Waals surface area contributed by atoms with E-state index in [1.54, 1.807) is 0 Å². The molecule has 25 heavy (non-hydrogen) atoms. The largest absolute Gasteiger partial charge is 0.0654 e. The molecular formula is C25H34. The SMILES string of the molecule is [2H][C@@H]1C[C@@H](CCCCC)CC([2H])([2H])C1c1ccc(-c2ccc(CC)cc2)cc1. The van der Waals surface area contributed by atoms with Crippen molar-refractivity contribution in [2.75, 3.05) is 0 Å². The van der Waals surface area contributed by atoms with Crippen molar-refractivity contribution >= 4 is 0 Å². The third kappa shape index (κ3) is 4.97. The van der Waals surface area contributed by atoms with E-state index in [1.165, 1.54) is 30.4 Å². The predicted octanol–water partition coefficient (Wildman–Crippen LogP) is 7.77. The first-order chi connectivity index (χ1) is 13.4. The number of benzene rings is 2. The fourth-order valence-corrected chi connectivity index (χ4v) is 3.76. The summed E-state index contributed by atoms with van der Waals surface area (Å²) in [7, 11) is 0. The standard InChI is InChI=1S/C25H34/c1-3-5-6-7-21-10-14-23(15-11-21)25-18-16-24(17-19-25)22-12-8-20(4-2)9-13-22/h8-9,12-13,16-19,21,23H,3-7,10-11,14-15H2,1-2H3/t21-,23?/i14D,15D2/t14-,21-,23?/m1/s1. The van der Waals surface area contributed by atoms with Crippen molar-refractivity contribution in [2.24, 2.45) is 5.92 Å². The van der Waals surface area contributed by atoms with Gasteiger partial charge in [0.05, 0.1) is 0 Å². The van der Waals surface area contributed by atoms with Crippen LogP contribution in [0.15, 0.2) is 48.5 Å². The van der Waals surface area contributed by atoms with Crippen LogP contribution in [0.2, 0.25) is 0 Å². The lowest BCUT2D eigenvalue weighted by Gasteiger charge is -2.29. The first-order valence-corrected chi connectivity index (χ1v) is 10.1. The lowest BCUT2D eigenvalue weighted by Crippen LogP contribution is -2.13. The normalized spacial score (nSPS) is 27.3. The number of unbranched alkanes of at least 4 members (excludes halogenated alkanes) is 2. The maximum Gasteiger partial charge on any atom is 0.0273 e. The monoisotopic (exact) mass is 337 g/mol. The van der Waals surface area contributed by atoms with E-state index in [4.69, 9.17) is 4.11 Å². The molecule has 134 valence electrons. The molecule has 0 heteroatoms. The van der Waals surface area contributed by atoms with E-state index in [-0.39, 0.29) is 12.3 Å². The fraction of sp³-hybridized carbons (Fsp3) is 0.520. The molecule has 3 atom stereocenters. The quantitative estimate of drug-likeness (QED) is 0.453. The Morgan fingerprint density at radius 2 is 1.56 bits per heavy atom. The summed E-state index contributed by atoms with van der Waals surface area (Å²) in [5.41, 5.74) is 4.66. The zero-order valence-corrected chi connectivity index (χ0v) is 15.8. The molecule has 0 spiro atoms. The van der Waals surface area contributed by atoms with Gasteiger partial charge in [0, 0.05) is 4.11 Å². The minimum Gasteiger partial charge on any atom is -0.0654 e. The maximum atomic E-state index is 8.67. The smallest absolute Gasteiger partial charge is 0.0273 e. The predicted molar refractivity (Wildman–Crippen MR) is 110 cm³/mol. The molecule has 0 saturated heterocycles. The van der Waals surface area contributed by atoms with Gasteiger partial charge < -0.3 is 0 Å². The first kappa shape index (κ1) is 14.6. The van der Waals surface area contributed by atoms with Crippen LogP contribution < -0.4 is 0 Å². The highest BCUT2D eigenvalue weighted by Crippen LogP contribution is 2.38. The molecule has 1 saturated carbocycles. The van der Waals surface area contributed by atoms with E-state index >= 15 is 0 Å². The van der Waals surface area contributed by atoms with E-state index in [2.05, 4.69) is 50.2 Å². The molecule has 0 aliphatic heterocycles. The Morgan fingerprint density at radius 3 is 2.16 bits per heavy atom. The lowest BCUT2D eigenvalue weighted by molar-refractivity contribution is 0.303. The van der Waals surface area contributed by atoms with Crippen LogP contribution >= 0.6 is 0 Å². The number of aryl methyl sites for hydroxylation is 1. The zero-order valence-electron chi connectivity index (χ0n) is 18.8. The van der Waals surface area contributed by atoms with Gasteiger partial charge in [-0.1, -0.05) is 88.1 Å². The highest BCUT2D eigenvalue weighted by atomic mass is 14.3. The van der Waals surface area contributed by atoms with Crippen molar-refractivity contribution in [2.45, 2.75) is 77.5 Å². The van der Waals surface area contributed by atoms with Crippen molar-refractivity contribution in [3.63, 3.8) is 0 Å². The number of hydrogen-bond donors (Lipinski definition) is 0. The Morgan fingerprint density at radius 1 is 0.880 bits per heavy atom. The number of rotatable bonds is 7. The summed E-state index contributed by atoms with van der Waals surface area (Å²) in [5, 5.41) is 0. The van der Waals surface area contributed by atoms with Crippen LogP contribution in [0.3, 0.4) is 0 Å². The zero-order chi connectivity index (χ0) is 20.1. The van der Waals surface area contributed by atoms with Gasteiger partial charge >= 0.3 is 0 Å². The van der Waals surface area contributed by atoms with E-state index in [0.29, 0.717) is 12.3 Å². The van der Waals surface area contributed by atoms with Crippen LogP contribution in [0.5, 0.6) is 0 Å². The molecule has 0 nitrogen and oxygen atoms in total. The van der Waals surface area contributed by atoms with Crippen LogP contribution in [0, 0.1) is 5.92 Å². The molecule has 2 aromatic rings. The maximum absolute atomic E-state index is 8.67. The second kappa shape index (κ2) is 9.22. The fourth-order valence-electron chi connectivity index (χ4n) is 3.76. The van der Waals surface area contributed by atoms with Gasteiger partial charge in [0.25, 0.3) is 0 Å². The minimum atomic E-state index is -1.30. The summed E-state index contributed by atoms with van der Waals surface area (Å²) in [5.74, 6) is 0.0306. The summed E-state index contributed by atoms with van der Waals surface area (Å²) in [6.07, 6.45) is 5.45. The van der Waals surface area contributed by atoms with Gasteiger partial charge in [-0.2, -0.15) is 0 Å². The Kier molecular flexibility index (Phi) is 5.38. The topological polar surface area (TPSA) is 0 Å². The molecule has 0 bridgehead atoms. The van der Waals surface area contributed by atoms with E-state index < -0.39 is 6.37 Å². The third-order valence-corrected chi connectivity index (χ3v) is 5.51. The number of hydrogen-bond acceptors (Lipinski definition) is 0. The molecule has 1 aliphatic rings. The van der Waals surface area contributed by atoms with Crippen LogP contribution in [0.25, 0.3) is 11.1 Å². The molecule has 0 heterocycles. The van der Waals surface area contributed by atoms with Crippen LogP contribution in [0.4, 0.5) is 0 Å². The van der Waals surface area contributed by atoms with E-state index in [1.807, 2.05) is 12.1 Å². The Bertz CT molecular complexity index is 733. The summed E-state index contributed by atoms with van der Waals surface area (Å²) < 4.78 is 26.0. The molecule has 0 N–H and O–H groups in total. The second-order valence-electron chi connectivity index (χ2n) is 7.39. The molecule has 3 rings (SSSR count). The summed E-state index contributed by atoms with van der Waals surface area (Å²) in [4.78, 5) is 0. The lowest BCUT2D eigenvalue weighted by atomic mass is 9.77. The molecule has 0 aromatic heterocycles. The highest BCUT2D eigenvalue weighted by molar-refractivity contribution is 5.64. The van der Waals surface area contributed by atoms with Gasteiger partial charge in [-0.3, -0.25) is 0 Å². The molecule has 2 aromatic carbocycles. The summed E-state index contributed by atoms with van der Waals surface area (Å²) >= 11 is 0. The van der Waals surface area contributed by atoms with Crippen molar-refractivity contribution in [3.8, 4) is 11.1 Å². The van der Waals surface area contributed by atoms with Gasteiger partial charge in [0.1, 0.15) is 0 Å². The van der Waals surface area contributed by atoms with Crippen molar-refractivity contribution < 1.29 is 4.11 Å². The molecule has 1 aliphatic carbocycles. The van der Waals surface area contributed by atoms with E-state index in [9.17, 15) is 0 Å². The van der Waals surface area contributed by atoms with Crippen molar-refractivity contribution in [1.82, 2.24) is 0 Å². The van der Waals surface area contributed by atoms with Gasteiger partial charge in [-0.05, 0) is 66.1 Å². The van der Waals surface area contributed by atoms with Gasteiger partial charge in [-0.15, -0.1) is 0 Å². The highest BCUT2D eigenvalue weighted by Gasteiger charge is 2.21. The molecular weight excluding hydrogens is 300 g/mol. The van der Waals surface area contributed by atoms with Crippen LogP contribution in [0.1, 0.15) is 86.3 Å². The first-order valence-electron chi connectivity index (χ1n) is 11.6. The van der Waals surface area contributed by atoms with Crippen LogP contribution in [-0.2, 0) is 6.42 Å². The average Bonchev–Trinajstić information content (AvgIpc) is 2.68. The van der Waals surface area contributed by atoms with Gasteiger partial charge in [0.15, 0.2) is 0 Å². The van der Waals surface area contributed by atoms with Crippen molar-refractivity contribution in [3.05, 3.63) is 59.7 Å². The molecule has 1 fully saturated rings. The average molecular weight is 338 g/mol. The molecule has 0 amide bonds. The van der Waals surface area contributed by atoms with E-state index in [0.717, 1.165) is 30.4 Å². The van der Waals surface area contributed by atoms with Crippen LogP contribution in [-0.4, -0.2) is 0 Å². The Balaban J connectivity index is 1.73. The summed E-state index contributed by atoms with van der Waals surface area (Å²) in [6.45, 7) is 4.36. The Labute approximate surface area is 158 Å². The van der Waals surface area contributed by atoms with Gasteiger partial charge in [-0.25, -0.2) is 0 Å².